The topological polar surface area (TPSA) is 78.9 Å². The van der Waals surface area contributed by atoms with Crippen molar-refractivity contribution in [3.05, 3.63) is 29.8 Å². The Labute approximate surface area is 140 Å². The van der Waals surface area contributed by atoms with Crippen LogP contribution >= 0.6 is 0 Å². The van der Waals surface area contributed by atoms with Crippen LogP contribution in [0.2, 0.25) is 0 Å². The van der Waals surface area contributed by atoms with Crippen LogP contribution in [-0.4, -0.2) is 30.6 Å². The molecule has 0 spiro atoms. The van der Waals surface area contributed by atoms with Gasteiger partial charge in [0.2, 0.25) is 5.60 Å². The molecule has 0 aromatic heterocycles. The number of fused-ring (bicyclic) bond motifs is 2. The molecule has 1 aromatic rings. The van der Waals surface area contributed by atoms with Crippen molar-refractivity contribution in [3.8, 4) is 5.75 Å². The summed E-state index contributed by atoms with van der Waals surface area (Å²) in [7, 11) is 1.25. The maximum absolute atomic E-state index is 12.9. The summed E-state index contributed by atoms with van der Waals surface area (Å²) in [5, 5.41) is 0. The maximum atomic E-state index is 12.9. The summed E-state index contributed by atoms with van der Waals surface area (Å²) in [4.78, 5) is 37.0. The standard InChI is InChI=1S/C18H20O6/c1-16(2)17(3)9-10-18(16,24-14(17)20)15(21)23-12-8-6-5-7-11(12)13(19)22-4/h5-8H,9-10H2,1-4H3. The molecule has 1 saturated heterocycles. The molecule has 0 N–H and O–H groups in total. The van der Waals surface area contributed by atoms with E-state index in [-0.39, 0.29) is 17.3 Å². The van der Waals surface area contributed by atoms with Gasteiger partial charge in [-0.3, -0.25) is 4.79 Å². The molecular weight excluding hydrogens is 312 g/mol. The Morgan fingerprint density at radius 2 is 1.79 bits per heavy atom. The molecule has 2 aliphatic rings. The van der Waals surface area contributed by atoms with E-state index in [1.165, 1.54) is 19.2 Å². The highest BCUT2D eigenvalue weighted by atomic mass is 16.6. The van der Waals surface area contributed by atoms with Crippen LogP contribution in [0.3, 0.4) is 0 Å². The number of esters is 3. The monoisotopic (exact) mass is 332 g/mol. The number of hydrogen-bond acceptors (Lipinski definition) is 6. The van der Waals surface area contributed by atoms with Crippen LogP contribution in [0.25, 0.3) is 0 Å². The van der Waals surface area contributed by atoms with E-state index in [4.69, 9.17) is 14.2 Å². The lowest BCUT2D eigenvalue weighted by atomic mass is 9.66. The van der Waals surface area contributed by atoms with Crippen LogP contribution in [0.15, 0.2) is 24.3 Å². The predicted molar refractivity (Wildman–Crippen MR) is 83.4 cm³/mol. The number of rotatable bonds is 3. The lowest BCUT2D eigenvalue weighted by molar-refractivity contribution is -0.176. The second-order valence-corrected chi connectivity index (χ2v) is 7.05. The summed E-state index contributed by atoms with van der Waals surface area (Å²) >= 11 is 0. The minimum absolute atomic E-state index is 0.0936. The Balaban J connectivity index is 1.95. The van der Waals surface area contributed by atoms with Crippen LogP contribution in [0.5, 0.6) is 5.75 Å². The van der Waals surface area contributed by atoms with E-state index >= 15 is 0 Å². The third-order valence-electron chi connectivity index (χ3n) is 5.91. The summed E-state index contributed by atoms with van der Waals surface area (Å²) in [6.45, 7) is 5.51. The van der Waals surface area contributed by atoms with Gasteiger partial charge < -0.3 is 14.2 Å². The Kier molecular flexibility index (Phi) is 3.48. The fraction of sp³-hybridized carbons (Fsp3) is 0.500. The van der Waals surface area contributed by atoms with E-state index in [0.29, 0.717) is 12.8 Å². The van der Waals surface area contributed by atoms with Gasteiger partial charge in [-0.15, -0.1) is 0 Å². The van der Waals surface area contributed by atoms with Crippen molar-refractivity contribution < 1.29 is 28.6 Å². The number of hydrogen-bond donors (Lipinski definition) is 0. The van der Waals surface area contributed by atoms with Gasteiger partial charge in [0.15, 0.2) is 0 Å². The first-order chi connectivity index (χ1) is 11.2. The Hall–Kier alpha value is -2.37. The zero-order chi connectivity index (χ0) is 17.8. The highest BCUT2D eigenvalue weighted by Crippen LogP contribution is 2.65. The van der Waals surface area contributed by atoms with Crippen LogP contribution in [0.1, 0.15) is 44.0 Å². The van der Waals surface area contributed by atoms with E-state index < -0.39 is 28.4 Å². The summed E-state index contributed by atoms with van der Waals surface area (Å²) in [6.07, 6.45) is 0.966. The second-order valence-electron chi connectivity index (χ2n) is 7.05. The molecular formula is C18H20O6. The molecule has 1 saturated carbocycles. The third kappa shape index (κ3) is 1.85. The minimum atomic E-state index is -1.33. The number of carbonyl (C=O) groups excluding carboxylic acids is 3. The predicted octanol–water partition coefficient (Wildman–Crippen LogP) is 2.50. The Morgan fingerprint density at radius 1 is 1.12 bits per heavy atom. The van der Waals surface area contributed by atoms with Gasteiger partial charge in [0, 0.05) is 5.41 Å². The Bertz CT molecular complexity index is 737. The van der Waals surface area contributed by atoms with Crippen LogP contribution < -0.4 is 4.74 Å². The average Bonchev–Trinajstić information content (AvgIpc) is 2.85. The molecule has 6 nitrogen and oxygen atoms in total. The Morgan fingerprint density at radius 3 is 2.33 bits per heavy atom. The molecule has 2 unspecified atom stereocenters. The van der Waals surface area contributed by atoms with E-state index in [1.807, 2.05) is 20.8 Å². The molecule has 1 aromatic carbocycles. The molecule has 2 fully saturated rings. The molecule has 3 rings (SSSR count). The number of para-hydroxylation sites is 1. The number of methoxy groups -OCH3 is 1. The molecule has 24 heavy (non-hydrogen) atoms. The quantitative estimate of drug-likeness (QED) is 0.625. The first-order valence-corrected chi connectivity index (χ1v) is 7.83. The smallest absolute Gasteiger partial charge is 0.356 e. The number of benzene rings is 1. The van der Waals surface area contributed by atoms with E-state index in [0.717, 1.165) is 0 Å². The zero-order valence-electron chi connectivity index (χ0n) is 14.2. The van der Waals surface area contributed by atoms with Crippen molar-refractivity contribution in [2.45, 2.75) is 39.2 Å². The fourth-order valence-electron chi connectivity index (χ4n) is 3.72. The molecule has 2 bridgehead atoms. The summed E-state index contributed by atoms with van der Waals surface area (Å²) in [5.74, 6) is -1.54. The summed E-state index contributed by atoms with van der Waals surface area (Å²) in [5.41, 5.74) is -2.60. The molecule has 2 atom stereocenters. The van der Waals surface area contributed by atoms with Gasteiger partial charge in [-0.05, 0) is 31.9 Å². The SMILES string of the molecule is COC(=O)c1ccccc1OC(=O)C12CCC(C)(C(=O)O1)C2(C)C. The lowest BCUT2D eigenvalue weighted by Gasteiger charge is -2.34. The zero-order valence-corrected chi connectivity index (χ0v) is 14.2. The summed E-state index contributed by atoms with van der Waals surface area (Å²) in [6, 6.07) is 6.32. The molecule has 1 heterocycles. The highest BCUT2D eigenvalue weighted by molar-refractivity contribution is 5.97. The molecule has 128 valence electrons. The van der Waals surface area contributed by atoms with Crippen molar-refractivity contribution in [1.82, 2.24) is 0 Å². The van der Waals surface area contributed by atoms with Crippen molar-refractivity contribution in [2.75, 3.05) is 7.11 Å². The van der Waals surface area contributed by atoms with Gasteiger partial charge in [0.25, 0.3) is 0 Å². The van der Waals surface area contributed by atoms with Crippen molar-refractivity contribution in [1.29, 1.82) is 0 Å². The molecule has 1 aliphatic carbocycles. The largest absolute Gasteiger partial charge is 0.465 e. The maximum Gasteiger partial charge on any atom is 0.356 e. The average molecular weight is 332 g/mol. The second kappa shape index (κ2) is 5.06. The van der Waals surface area contributed by atoms with Gasteiger partial charge in [0.05, 0.1) is 12.5 Å². The third-order valence-corrected chi connectivity index (χ3v) is 5.91. The van der Waals surface area contributed by atoms with E-state index in [2.05, 4.69) is 0 Å². The van der Waals surface area contributed by atoms with E-state index in [1.54, 1.807) is 12.1 Å². The number of carbonyl (C=O) groups is 3. The van der Waals surface area contributed by atoms with E-state index in [9.17, 15) is 14.4 Å². The van der Waals surface area contributed by atoms with Gasteiger partial charge in [0.1, 0.15) is 11.3 Å². The normalized spacial score (nSPS) is 29.9. The fourth-order valence-corrected chi connectivity index (χ4v) is 3.72. The first-order valence-electron chi connectivity index (χ1n) is 7.83. The van der Waals surface area contributed by atoms with Crippen LogP contribution in [0, 0.1) is 10.8 Å². The van der Waals surface area contributed by atoms with Crippen LogP contribution in [-0.2, 0) is 19.1 Å². The van der Waals surface area contributed by atoms with Crippen molar-refractivity contribution in [2.24, 2.45) is 10.8 Å². The van der Waals surface area contributed by atoms with Crippen molar-refractivity contribution >= 4 is 17.9 Å². The molecule has 0 radical (unpaired) electrons. The molecule has 1 aliphatic heterocycles. The van der Waals surface area contributed by atoms with Gasteiger partial charge in [-0.2, -0.15) is 0 Å². The molecule has 6 heteroatoms. The van der Waals surface area contributed by atoms with Crippen LogP contribution in [0.4, 0.5) is 0 Å². The first kappa shape index (κ1) is 16.5. The summed E-state index contributed by atoms with van der Waals surface area (Å²) < 4.78 is 15.7. The van der Waals surface area contributed by atoms with Gasteiger partial charge in [-0.1, -0.05) is 26.0 Å². The molecule has 0 amide bonds. The highest BCUT2D eigenvalue weighted by Gasteiger charge is 2.76. The minimum Gasteiger partial charge on any atom is -0.465 e. The van der Waals surface area contributed by atoms with Gasteiger partial charge >= 0.3 is 17.9 Å². The lowest BCUT2D eigenvalue weighted by Crippen LogP contribution is -2.50. The van der Waals surface area contributed by atoms with Crippen molar-refractivity contribution in [3.63, 3.8) is 0 Å². The number of ether oxygens (including phenoxy) is 3. The van der Waals surface area contributed by atoms with Gasteiger partial charge in [-0.25, -0.2) is 9.59 Å².